The van der Waals surface area contributed by atoms with E-state index in [0.29, 0.717) is 12.0 Å². The van der Waals surface area contributed by atoms with Crippen LogP contribution in [0, 0.1) is 5.92 Å². The van der Waals surface area contributed by atoms with Gasteiger partial charge in [-0.15, -0.1) is 16.4 Å². The third kappa shape index (κ3) is 3.00. The largest absolute Gasteiger partial charge is 0.366 e. The van der Waals surface area contributed by atoms with Gasteiger partial charge in [-0.05, 0) is 42.0 Å². The number of rotatable bonds is 5. The lowest BCUT2D eigenvalue weighted by atomic mass is 10.0. The van der Waals surface area contributed by atoms with E-state index in [9.17, 15) is 0 Å². The molecule has 0 spiro atoms. The van der Waals surface area contributed by atoms with Gasteiger partial charge in [-0.25, -0.2) is 9.50 Å². The van der Waals surface area contributed by atoms with Crippen molar-refractivity contribution in [3.8, 4) is 10.6 Å². The van der Waals surface area contributed by atoms with Gasteiger partial charge in [-0.1, -0.05) is 39.0 Å². The Bertz CT molecular complexity index is 982. The predicted molar refractivity (Wildman–Crippen MR) is 106 cm³/mol. The lowest BCUT2D eigenvalue weighted by Crippen LogP contribution is -2.25. The highest BCUT2D eigenvalue weighted by Crippen LogP contribution is 2.33. The molecule has 0 unspecified atom stereocenters. The first-order chi connectivity index (χ1) is 12.2. The maximum absolute atomic E-state index is 4.80. The van der Waals surface area contributed by atoms with Crippen LogP contribution in [0.5, 0.6) is 0 Å². The Morgan fingerprint density at radius 3 is 2.76 bits per heavy atom. The zero-order chi connectivity index (χ0) is 17.4. The number of hydrogen-bond acceptors (Lipinski definition) is 4. The average molecular weight is 350 g/mol. The Hall–Kier alpha value is -2.40. The number of hydrogen-bond donors (Lipinski definition) is 1. The van der Waals surface area contributed by atoms with Crippen LogP contribution in [0.3, 0.4) is 0 Å². The molecule has 0 radical (unpaired) electrons. The normalized spacial score (nSPS) is 13.0. The monoisotopic (exact) mass is 350 g/mol. The fourth-order valence-corrected chi connectivity index (χ4v) is 4.21. The maximum Gasteiger partial charge on any atom is 0.154 e. The van der Waals surface area contributed by atoms with Crippen molar-refractivity contribution in [3.63, 3.8) is 0 Å². The molecule has 0 saturated heterocycles. The number of nitrogens with one attached hydrogen (secondary N) is 1. The van der Waals surface area contributed by atoms with Crippen LogP contribution in [0.4, 0.5) is 5.82 Å². The van der Waals surface area contributed by atoms with Gasteiger partial charge in [0.15, 0.2) is 5.65 Å². The Kier molecular flexibility index (Phi) is 4.17. The second kappa shape index (κ2) is 6.48. The SMILES string of the molecule is CC[C@@H](Nc1ccc2ncc(-c3cc4ccccc4s3)n2n1)C(C)C. The number of benzene rings is 1. The molecule has 0 aliphatic heterocycles. The van der Waals surface area contributed by atoms with Gasteiger partial charge in [-0.2, -0.15) is 0 Å². The first kappa shape index (κ1) is 16.1. The van der Waals surface area contributed by atoms with Crippen molar-refractivity contribution in [2.75, 3.05) is 5.32 Å². The third-order valence-corrected chi connectivity index (χ3v) is 5.76. The van der Waals surface area contributed by atoms with E-state index in [1.165, 1.54) is 15.0 Å². The highest BCUT2D eigenvalue weighted by atomic mass is 32.1. The summed E-state index contributed by atoms with van der Waals surface area (Å²) >= 11 is 1.78. The van der Waals surface area contributed by atoms with Gasteiger partial charge < -0.3 is 5.32 Å². The maximum atomic E-state index is 4.80. The molecule has 0 aliphatic rings. The quantitative estimate of drug-likeness (QED) is 0.520. The summed E-state index contributed by atoms with van der Waals surface area (Å²) in [6.07, 6.45) is 2.99. The molecule has 128 valence electrons. The minimum Gasteiger partial charge on any atom is -0.366 e. The molecule has 0 amide bonds. The number of nitrogens with zero attached hydrogens (tertiary/aromatic N) is 3. The van der Waals surface area contributed by atoms with Crippen molar-refractivity contribution in [2.24, 2.45) is 5.92 Å². The molecule has 3 heterocycles. The standard InChI is InChI=1S/C20H22N4S/c1-4-15(13(2)3)22-19-9-10-20-21-12-16(24(20)23-19)18-11-14-7-5-6-8-17(14)25-18/h5-13,15H,4H2,1-3H3,(H,22,23)/t15-/m1/s1. The van der Waals surface area contributed by atoms with Crippen molar-refractivity contribution in [1.29, 1.82) is 0 Å². The van der Waals surface area contributed by atoms with Gasteiger partial charge in [0.2, 0.25) is 0 Å². The van der Waals surface area contributed by atoms with Gasteiger partial charge in [0, 0.05) is 10.7 Å². The molecular formula is C20H22N4S. The number of aromatic nitrogens is 3. The van der Waals surface area contributed by atoms with E-state index in [4.69, 9.17) is 5.10 Å². The van der Waals surface area contributed by atoms with Crippen LogP contribution in [-0.4, -0.2) is 20.6 Å². The lowest BCUT2D eigenvalue weighted by Gasteiger charge is -2.21. The van der Waals surface area contributed by atoms with Gasteiger partial charge in [-0.3, -0.25) is 0 Å². The van der Waals surface area contributed by atoms with E-state index in [1.807, 2.05) is 22.8 Å². The van der Waals surface area contributed by atoms with Crippen molar-refractivity contribution in [1.82, 2.24) is 14.6 Å². The van der Waals surface area contributed by atoms with E-state index in [1.54, 1.807) is 11.3 Å². The van der Waals surface area contributed by atoms with Gasteiger partial charge in [0.25, 0.3) is 0 Å². The third-order valence-electron chi connectivity index (χ3n) is 4.62. The van der Waals surface area contributed by atoms with Crippen LogP contribution >= 0.6 is 11.3 Å². The minimum atomic E-state index is 0.418. The Balaban J connectivity index is 1.76. The van der Waals surface area contributed by atoms with Gasteiger partial charge in [0.05, 0.1) is 11.1 Å². The zero-order valence-electron chi connectivity index (χ0n) is 14.7. The average Bonchev–Trinajstić information content (AvgIpc) is 3.22. The van der Waals surface area contributed by atoms with E-state index in [0.717, 1.165) is 23.6 Å². The van der Waals surface area contributed by atoms with Crippen molar-refractivity contribution >= 4 is 32.9 Å². The molecule has 0 fully saturated rings. The van der Waals surface area contributed by atoms with E-state index in [2.05, 4.69) is 61.4 Å². The molecule has 3 aromatic heterocycles. The molecule has 1 atom stereocenters. The fourth-order valence-electron chi connectivity index (χ4n) is 3.16. The molecule has 4 nitrogen and oxygen atoms in total. The second-order valence-corrected chi connectivity index (χ2v) is 7.77. The first-order valence-electron chi connectivity index (χ1n) is 8.76. The molecule has 1 aromatic carbocycles. The number of imidazole rings is 1. The summed E-state index contributed by atoms with van der Waals surface area (Å²) in [6, 6.07) is 15.1. The number of fused-ring (bicyclic) bond motifs is 2. The Morgan fingerprint density at radius 2 is 2.00 bits per heavy atom. The van der Waals surface area contributed by atoms with E-state index < -0.39 is 0 Å². The summed E-state index contributed by atoms with van der Waals surface area (Å²) in [5.74, 6) is 1.46. The van der Waals surface area contributed by atoms with E-state index >= 15 is 0 Å². The highest BCUT2D eigenvalue weighted by molar-refractivity contribution is 7.22. The highest BCUT2D eigenvalue weighted by Gasteiger charge is 2.14. The molecule has 5 heteroatoms. The molecule has 25 heavy (non-hydrogen) atoms. The minimum absolute atomic E-state index is 0.418. The van der Waals surface area contributed by atoms with Crippen LogP contribution in [-0.2, 0) is 0 Å². The van der Waals surface area contributed by atoms with Crippen LogP contribution in [0.1, 0.15) is 27.2 Å². The van der Waals surface area contributed by atoms with Crippen LogP contribution in [0.2, 0.25) is 0 Å². The van der Waals surface area contributed by atoms with Crippen molar-refractivity contribution in [2.45, 2.75) is 33.2 Å². The van der Waals surface area contributed by atoms with Crippen molar-refractivity contribution in [3.05, 3.63) is 48.7 Å². The fraction of sp³-hybridized carbons (Fsp3) is 0.300. The molecule has 4 aromatic rings. The topological polar surface area (TPSA) is 42.2 Å². The first-order valence-corrected chi connectivity index (χ1v) is 9.57. The summed E-state index contributed by atoms with van der Waals surface area (Å²) in [7, 11) is 0. The van der Waals surface area contributed by atoms with Crippen LogP contribution in [0.15, 0.2) is 48.7 Å². The summed E-state index contributed by atoms with van der Waals surface area (Å²) in [6.45, 7) is 6.68. The summed E-state index contributed by atoms with van der Waals surface area (Å²) in [5, 5.41) is 9.62. The molecule has 0 bridgehead atoms. The summed E-state index contributed by atoms with van der Waals surface area (Å²) < 4.78 is 3.23. The summed E-state index contributed by atoms with van der Waals surface area (Å²) in [4.78, 5) is 5.71. The van der Waals surface area contributed by atoms with Crippen LogP contribution < -0.4 is 5.32 Å². The number of anilines is 1. The van der Waals surface area contributed by atoms with Crippen LogP contribution in [0.25, 0.3) is 26.3 Å². The molecule has 0 saturated carbocycles. The zero-order valence-corrected chi connectivity index (χ0v) is 15.5. The lowest BCUT2D eigenvalue weighted by molar-refractivity contribution is 0.509. The Morgan fingerprint density at radius 1 is 1.16 bits per heavy atom. The molecule has 0 aliphatic carbocycles. The smallest absolute Gasteiger partial charge is 0.154 e. The predicted octanol–water partition coefficient (Wildman–Crippen LogP) is 5.46. The van der Waals surface area contributed by atoms with Gasteiger partial charge >= 0.3 is 0 Å². The van der Waals surface area contributed by atoms with Crippen molar-refractivity contribution < 1.29 is 0 Å². The molecule has 1 N–H and O–H groups in total. The molecular weight excluding hydrogens is 328 g/mol. The number of thiophene rings is 1. The second-order valence-electron chi connectivity index (χ2n) is 6.68. The molecule has 4 rings (SSSR count). The van der Waals surface area contributed by atoms with Gasteiger partial charge in [0.1, 0.15) is 11.5 Å². The Labute approximate surface area is 151 Å². The summed E-state index contributed by atoms with van der Waals surface area (Å²) in [5.41, 5.74) is 1.91. The van der Waals surface area contributed by atoms with E-state index in [-0.39, 0.29) is 0 Å².